The molecule has 1 N–H and O–H groups in total. The van der Waals surface area contributed by atoms with Crippen LogP contribution in [0.2, 0.25) is 0 Å². The molecule has 0 fully saturated rings. The monoisotopic (exact) mass is 198 g/mol. The normalized spacial score (nSPS) is 10.2. The minimum absolute atomic E-state index is 0.116. The smallest absolute Gasteiger partial charge is 0.265 e. The van der Waals surface area contributed by atoms with E-state index in [4.69, 9.17) is 5.26 Å². The van der Waals surface area contributed by atoms with E-state index in [2.05, 4.69) is 4.98 Å². The number of pyridine rings is 1. The average Bonchev–Trinajstić information content (AvgIpc) is 2.11. The van der Waals surface area contributed by atoms with Gasteiger partial charge < -0.3 is 4.98 Å². The van der Waals surface area contributed by atoms with Gasteiger partial charge in [0, 0.05) is 17.3 Å². The fraction of sp³-hybridized carbons (Fsp3) is 0.333. The van der Waals surface area contributed by atoms with Crippen LogP contribution in [0, 0.1) is 18.3 Å². The van der Waals surface area contributed by atoms with E-state index < -0.39 is 12.0 Å². The number of aromatic amines is 1. The standard InChI is InChI=1S/C9H8F2N2O/c1-5-6(2-3-12)9(14)13-4-7(5)8(10)11/h4,8H,2H2,1H3,(H,13,14). The summed E-state index contributed by atoms with van der Waals surface area (Å²) in [6.07, 6.45) is -1.80. The minimum atomic E-state index is -2.63. The summed E-state index contributed by atoms with van der Waals surface area (Å²) in [4.78, 5) is 13.3. The molecule has 0 radical (unpaired) electrons. The van der Waals surface area contributed by atoms with Gasteiger partial charge in [-0.3, -0.25) is 4.79 Å². The van der Waals surface area contributed by atoms with E-state index in [0.29, 0.717) is 0 Å². The molecule has 74 valence electrons. The van der Waals surface area contributed by atoms with Crippen LogP contribution < -0.4 is 5.56 Å². The summed E-state index contributed by atoms with van der Waals surface area (Å²) in [5.74, 6) is 0. The van der Waals surface area contributed by atoms with Crippen LogP contribution in [0.4, 0.5) is 8.78 Å². The Bertz CT molecular complexity index is 431. The highest BCUT2D eigenvalue weighted by Gasteiger charge is 2.15. The molecule has 1 heterocycles. The molecule has 0 atom stereocenters. The molecule has 0 unspecified atom stereocenters. The highest BCUT2D eigenvalue weighted by Crippen LogP contribution is 2.22. The van der Waals surface area contributed by atoms with Crippen molar-refractivity contribution in [1.82, 2.24) is 4.98 Å². The first-order chi connectivity index (χ1) is 6.57. The molecular weight excluding hydrogens is 190 g/mol. The van der Waals surface area contributed by atoms with Crippen molar-refractivity contribution < 1.29 is 8.78 Å². The van der Waals surface area contributed by atoms with Crippen molar-refractivity contribution in [3.63, 3.8) is 0 Å². The van der Waals surface area contributed by atoms with E-state index in [1.165, 1.54) is 6.92 Å². The molecule has 0 amide bonds. The van der Waals surface area contributed by atoms with E-state index in [0.717, 1.165) is 6.20 Å². The van der Waals surface area contributed by atoms with E-state index in [1.54, 1.807) is 6.07 Å². The van der Waals surface area contributed by atoms with Gasteiger partial charge in [0.25, 0.3) is 12.0 Å². The zero-order valence-electron chi connectivity index (χ0n) is 7.47. The number of aromatic nitrogens is 1. The molecule has 3 nitrogen and oxygen atoms in total. The summed E-state index contributed by atoms with van der Waals surface area (Å²) in [6, 6.07) is 1.77. The van der Waals surface area contributed by atoms with Crippen molar-refractivity contribution in [2.24, 2.45) is 0 Å². The third-order valence-electron chi connectivity index (χ3n) is 2.01. The van der Waals surface area contributed by atoms with Crippen LogP contribution in [0.1, 0.15) is 23.1 Å². The van der Waals surface area contributed by atoms with Gasteiger partial charge >= 0.3 is 0 Å². The fourth-order valence-electron chi connectivity index (χ4n) is 1.20. The first-order valence-corrected chi connectivity index (χ1v) is 3.94. The number of nitriles is 1. The van der Waals surface area contributed by atoms with Crippen LogP contribution >= 0.6 is 0 Å². The summed E-state index contributed by atoms with van der Waals surface area (Å²) in [7, 11) is 0. The van der Waals surface area contributed by atoms with Crippen LogP contribution in [0.5, 0.6) is 0 Å². The molecule has 0 saturated carbocycles. The SMILES string of the molecule is Cc1c(C(F)F)c[nH]c(=O)c1CC#N. The summed E-state index contributed by atoms with van der Waals surface area (Å²) >= 11 is 0. The molecule has 0 aliphatic heterocycles. The molecular formula is C9H8F2N2O. The van der Waals surface area contributed by atoms with Gasteiger partial charge in [0.2, 0.25) is 0 Å². The third kappa shape index (κ3) is 1.79. The largest absolute Gasteiger partial charge is 0.328 e. The molecule has 0 spiro atoms. The van der Waals surface area contributed by atoms with Gasteiger partial charge in [0.05, 0.1) is 12.5 Å². The maximum Gasteiger partial charge on any atom is 0.265 e. The molecule has 1 aromatic heterocycles. The Labute approximate surface area is 79.0 Å². The Kier molecular flexibility index (Phi) is 2.97. The van der Waals surface area contributed by atoms with Crippen molar-refractivity contribution in [3.05, 3.63) is 33.2 Å². The number of halogens is 2. The van der Waals surface area contributed by atoms with Gasteiger partial charge in [-0.25, -0.2) is 8.78 Å². The third-order valence-corrected chi connectivity index (χ3v) is 2.01. The van der Waals surface area contributed by atoms with Crippen LogP contribution in [0.15, 0.2) is 11.0 Å². The Balaban J connectivity index is 3.35. The number of rotatable bonds is 2. The Morgan fingerprint density at radius 3 is 2.79 bits per heavy atom. The summed E-state index contributed by atoms with van der Waals surface area (Å²) < 4.78 is 24.7. The van der Waals surface area contributed by atoms with Gasteiger partial charge in [0.15, 0.2) is 0 Å². The Morgan fingerprint density at radius 2 is 2.29 bits per heavy atom. The maximum atomic E-state index is 12.4. The predicted octanol–water partition coefficient (Wildman–Crippen LogP) is 1.69. The molecule has 0 saturated heterocycles. The maximum absolute atomic E-state index is 12.4. The number of H-pyrrole nitrogens is 1. The van der Waals surface area contributed by atoms with Gasteiger partial charge in [-0.05, 0) is 12.5 Å². The Hall–Kier alpha value is -1.70. The number of hydrogen-bond donors (Lipinski definition) is 1. The van der Waals surface area contributed by atoms with Gasteiger partial charge in [-0.1, -0.05) is 0 Å². The zero-order chi connectivity index (χ0) is 10.7. The number of nitrogens with one attached hydrogen (secondary N) is 1. The van der Waals surface area contributed by atoms with Crippen molar-refractivity contribution >= 4 is 0 Å². The lowest BCUT2D eigenvalue weighted by atomic mass is 10.0. The van der Waals surface area contributed by atoms with E-state index in [-0.39, 0.29) is 23.1 Å². The Morgan fingerprint density at radius 1 is 1.64 bits per heavy atom. The van der Waals surface area contributed by atoms with E-state index >= 15 is 0 Å². The molecule has 14 heavy (non-hydrogen) atoms. The molecule has 0 aliphatic rings. The highest BCUT2D eigenvalue weighted by atomic mass is 19.3. The summed E-state index contributed by atoms with van der Waals surface area (Å²) in [6.45, 7) is 1.42. The molecule has 0 aliphatic carbocycles. The second kappa shape index (κ2) is 4.01. The highest BCUT2D eigenvalue weighted by molar-refractivity contribution is 5.32. The molecule has 1 aromatic rings. The second-order valence-corrected chi connectivity index (χ2v) is 2.81. The first kappa shape index (κ1) is 10.4. The molecule has 0 aromatic carbocycles. The van der Waals surface area contributed by atoms with Crippen molar-refractivity contribution in [1.29, 1.82) is 5.26 Å². The zero-order valence-corrected chi connectivity index (χ0v) is 7.47. The number of hydrogen-bond acceptors (Lipinski definition) is 2. The second-order valence-electron chi connectivity index (χ2n) is 2.81. The molecule has 5 heteroatoms. The average molecular weight is 198 g/mol. The van der Waals surface area contributed by atoms with Crippen molar-refractivity contribution in [2.75, 3.05) is 0 Å². The number of nitrogens with zero attached hydrogens (tertiary/aromatic N) is 1. The van der Waals surface area contributed by atoms with Crippen molar-refractivity contribution in [3.8, 4) is 6.07 Å². The van der Waals surface area contributed by atoms with Crippen LogP contribution in [0.3, 0.4) is 0 Å². The van der Waals surface area contributed by atoms with Gasteiger partial charge in [-0.2, -0.15) is 5.26 Å². The lowest BCUT2D eigenvalue weighted by Crippen LogP contribution is -2.15. The van der Waals surface area contributed by atoms with E-state index in [1.807, 2.05) is 0 Å². The lowest BCUT2D eigenvalue weighted by molar-refractivity contribution is 0.150. The van der Waals surface area contributed by atoms with Crippen LogP contribution in [-0.2, 0) is 6.42 Å². The summed E-state index contributed by atoms with van der Waals surface area (Å²) in [5.41, 5.74) is -0.390. The topological polar surface area (TPSA) is 56.6 Å². The quantitative estimate of drug-likeness (QED) is 0.786. The van der Waals surface area contributed by atoms with Crippen LogP contribution in [-0.4, -0.2) is 4.98 Å². The van der Waals surface area contributed by atoms with Gasteiger partial charge in [-0.15, -0.1) is 0 Å². The summed E-state index contributed by atoms with van der Waals surface area (Å²) in [5, 5.41) is 8.41. The van der Waals surface area contributed by atoms with Crippen LogP contribution in [0.25, 0.3) is 0 Å². The van der Waals surface area contributed by atoms with Crippen molar-refractivity contribution in [2.45, 2.75) is 19.8 Å². The predicted molar refractivity (Wildman–Crippen MR) is 46.1 cm³/mol. The molecule has 1 rings (SSSR count). The minimum Gasteiger partial charge on any atom is -0.328 e. The number of alkyl halides is 2. The lowest BCUT2D eigenvalue weighted by Gasteiger charge is -2.06. The fourth-order valence-corrected chi connectivity index (χ4v) is 1.20. The van der Waals surface area contributed by atoms with Gasteiger partial charge in [0.1, 0.15) is 0 Å². The van der Waals surface area contributed by atoms with E-state index in [9.17, 15) is 13.6 Å². The first-order valence-electron chi connectivity index (χ1n) is 3.94. The molecule has 0 bridgehead atoms.